The molecule has 436 valence electrons. The molecule has 11 atom stereocenters. The van der Waals surface area contributed by atoms with E-state index in [0.29, 0.717) is 92.1 Å². The Balaban J connectivity index is 1.10. The highest BCUT2D eigenvalue weighted by Gasteiger charge is 2.58. The number of dihydropyridines is 1. The van der Waals surface area contributed by atoms with Crippen LogP contribution in [0.25, 0.3) is 0 Å². The number of aliphatic hydroxyl groups excluding tert-OH is 5. The second-order valence-electron chi connectivity index (χ2n) is 22.7. The normalized spacial score (nSPS) is 29.4. The van der Waals surface area contributed by atoms with Crippen LogP contribution in [0.2, 0.25) is 0 Å². The van der Waals surface area contributed by atoms with Crippen LogP contribution < -0.4 is 52.4 Å². The topological polar surface area (TPSA) is 331 Å². The molecule has 11 unspecified atom stereocenters. The molecule has 5 fully saturated rings. The number of ether oxygens (including phenoxy) is 5. The molecule has 14 N–H and O–H groups in total. The van der Waals surface area contributed by atoms with Crippen molar-refractivity contribution in [2.75, 3.05) is 51.1 Å². The molecule has 3 aromatic carbocycles. The number of rotatable bonds is 18. The Kier molecular flexibility index (Phi) is 17.3. The number of benzene rings is 3. The van der Waals surface area contributed by atoms with Gasteiger partial charge in [0.05, 0.1) is 43.8 Å². The van der Waals surface area contributed by atoms with E-state index in [-0.39, 0.29) is 79.0 Å². The Morgan fingerprint density at radius 3 is 2.54 bits per heavy atom. The van der Waals surface area contributed by atoms with Crippen molar-refractivity contribution in [2.24, 2.45) is 17.4 Å². The average Bonchev–Trinajstić information content (AvgIpc) is 4.33. The first kappa shape index (κ1) is 57.0. The highest BCUT2D eigenvalue weighted by Crippen LogP contribution is 2.53. The molecule has 3 saturated heterocycles. The number of aliphatic hydroxyl groups is 5. The summed E-state index contributed by atoms with van der Waals surface area (Å²) in [7, 11) is 0. The van der Waals surface area contributed by atoms with Crippen LogP contribution >= 0.6 is 0 Å². The first-order valence-corrected chi connectivity index (χ1v) is 28.7. The van der Waals surface area contributed by atoms with E-state index in [4.69, 9.17) is 35.2 Å². The number of hydrogen-bond acceptors (Lipinski definition) is 21. The van der Waals surface area contributed by atoms with E-state index < -0.39 is 97.5 Å². The summed E-state index contributed by atoms with van der Waals surface area (Å²) >= 11 is 0. The number of carbonyl (C=O) groups is 4. The van der Waals surface area contributed by atoms with Gasteiger partial charge in [-0.15, -0.1) is 0 Å². The number of hydrogen-bond donors (Lipinski definition) is 12. The van der Waals surface area contributed by atoms with Crippen molar-refractivity contribution in [3.05, 3.63) is 111 Å². The maximum atomic E-state index is 15.4. The Labute approximate surface area is 469 Å². The van der Waals surface area contributed by atoms with Crippen molar-refractivity contribution in [2.45, 2.75) is 157 Å². The Bertz CT molecular complexity index is 2910. The number of fused-ring (bicyclic) bond motifs is 7. The molecule has 22 heteroatoms. The van der Waals surface area contributed by atoms with Crippen molar-refractivity contribution in [1.29, 1.82) is 0 Å². The molecule has 22 nitrogen and oxygen atoms in total. The smallest absolute Gasteiger partial charge is 0.242 e. The molecule has 8 aliphatic rings. The Hall–Kier alpha value is -5.86. The molecular weight excluding hydrogens is 1040 g/mol. The van der Waals surface area contributed by atoms with Gasteiger partial charge in [0.15, 0.2) is 23.1 Å². The summed E-state index contributed by atoms with van der Waals surface area (Å²) in [6, 6.07) is 13.3. The van der Waals surface area contributed by atoms with Crippen LogP contribution in [0, 0.1) is 5.92 Å². The molecule has 2 bridgehead atoms. The quantitative estimate of drug-likeness (QED) is 0.0619. The van der Waals surface area contributed by atoms with Crippen LogP contribution in [-0.4, -0.2) is 162 Å². The Morgan fingerprint density at radius 1 is 0.963 bits per heavy atom. The number of aldehydes is 1. The first-order valence-electron chi connectivity index (χ1n) is 28.7. The van der Waals surface area contributed by atoms with Crippen LogP contribution in [0.5, 0.6) is 11.5 Å². The number of anilines is 1. The van der Waals surface area contributed by atoms with E-state index in [1.165, 1.54) is 12.1 Å². The average molecular weight is 1120 g/mol. The summed E-state index contributed by atoms with van der Waals surface area (Å²) < 4.78 is 35.0. The third-order valence-electron chi connectivity index (χ3n) is 17.8. The van der Waals surface area contributed by atoms with Crippen LogP contribution in [0.15, 0.2) is 71.6 Å². The monoisotopic (exact) mass is 1120 g/mol. The van der Waals surface area contributed by atoms with Crippen LogP contribution in [0.3, 0.4) is 0 Å². The molecule has 81 heavy (non-hydrogen) atoms. The SMILES string of the molecule is NC1=C(CNC2CCCC2)C(CCOC2C3Oc4c(cc5c(c4OCC(O)CC=O)C(=O)c4cc(CO)ccc4C5=O)C(c4ccccc4N4CNC5C(=O)NC(N)NC54)C(CCCO)COC4(CCCC4)C(O3)C(O)C2O)=CCN1. The number of nitrogens with zero attached hydrogens (tertiary/aromatic N) is 1. The van der Waals surface area contributed by atoms with Gasteiger partial charge in [0.2, 0.25) is 12.2 Å². The first-order chi connectivity index (χ1) is 39.3. The van der Waals surface area contributed by atoms with Gasteiger partial charge in [-0.2, -0.15) is 0 Å². The van der Waals surface area contributed by atoms with Crippen molar-refractivity contribution < 1.29 is 68.4 Å². The minimum absolute atomic E-state index is 0.00620. The largest absolute Gasteiger partial charge is 0.486 e. The van der Waals surface area contributed by atoms with Gasteiger partial charge in [0, 0.05) is 71.6 Å². The van der Waals surface area contributed by atoms with Gasteiger partial charge in [0.25, 0.3) is 0 Å². The van der Waals surface area contributed by atoms with E-state index in [1.807, 2.05) is 35.2 Å². The van der Waals surface area contributed by atoms with Crippen molar-refractivity contribution >= 4 is 29.4 Å². The van der Waals surface area contributed by atoms with E-state index in [2.05, 4.69) is 26.6 Å². The fraction of sp³-hybridized carbons (Fsp3) is 0.559. The van der Waals surface area contributed by atoms with Gasteiger partial charge < -0.3 is 80.6 Å². The lowest BCUT2D eigenvalue weighted by molar-refractivity contribution is -0.317. The second kappa shape index (κ2) is 24.5. The molecule has 11 rings (SSSR count). The molecule has 2 saturated carbocycles. The molecular formula is C59H76N8O14. The molecule has 0 aromatic heterocycles. The van der Waals surface area contributed by atoms with Gasteiger partial charge in [-0.05, 0) is 91.8 Å². The number of nitrogens with one attached hydrogen (secondary N) is 5. The van der Waals surface area contributed by atoms with E-state index in [1.54, 1.807) is 12.1 Å². The summed E-state index contributed by atoms with van der Waals surface area (Å²) in [4.78, 5) is 57.9. The highest BCUT2D eigenvalue weighted by atomic mass is 16.7. The predicted octanol–water partition coefficient (Wildman–Crippen LogP) is 1.00. The zero-order valence-corrected chi connectivity index (χ0v) is 45.4. The fourth-order valence-corrected chi connectivity index (χ4v) is 13.6. The number of carbonyl (C=O) groups excluding carboxylic acids is 4. The zero-order valence-electron chi connectivity index (χ0n) is 45.4. The number of nitrogens with two attached hydrogens (primary N) is 2. The van der Waals surface area contributed by atoms with Crippen LogP contribution in [-0.2, 0) is 30.4 Å². The third-order valence-corrected chi connectivity index (χ3v) is 17.8. The molecule has 1 amide bonds. The van der Waals surface area contributed by atoms with Gasteiger partial charge in [0.1, 0.15) is 61.6 Å². The standard InChI is InChI=1S/C59H76N8O14/c60-54-41(26-63-34-9-1-2-10-34)32(15-20-62-54)17-23-77-52-48(74)49(75)53-59(18-5-6-19-59)79-28-33(8-7-21-68)43(37-11-3-4-12-42(37)67-30-64-45-55(67)65-58(61)66-56(45)76)40-25-39-44(47(73)38-24-31(27-70)13-14-36(38)46(39)72)51(50(40)80-57(52)81-53)78-29-35(71)16-22-69/h3-4,11-15,22,24-25,33-35,43,45,48-49,52-53,55,57-58,62-65,68,70-71,74-75H,1-2,5-10,16-21,23,26-30,60-61H2,(H,66,76). The highest BCUT2D eigenvalue weighted by molar-refractivity contribution is 6.29. The maximum absolute atomic E-state index is 15.4. The molecule has 0 radical (unpaired) electrons. The lowest BCUT2D eigenvalue weighted by Gasteiger charge is -2.48. The molecule has 1 spiro atoms. The van der Waals surface area contributed by atoms with Gasteiger partial charge in [-0.3, -0.25) is 30.8 Å². The maximum Gasteiger partial charge on any atom is 0.242 e. The van der Waals surface area contributed by atoms with Crippen molar-refractivity contribution in [3.8, 4) is 11.5 Å². The molecule has 3 aromatic rings. The van der Waals surface area contributed by atoms with Crippen LogP contribution in [0.1, 0.15) is 132 Å². The zero-order chi connectivity index (χ0) is 56.5. The van der Waals surface area contributed by atoms with E-state index >= 15 is 9.59 Å². The fourth-order valence-electron chi connectivity index (χ4n) is 13.6. The van der Waals surface area contributed by atoms with E-state index in [9.17, 15) is 35.1 Å². The van der Waals surface area contributed by atoms with Gasteiger partial charge in [-0.25, -0.2) is 0 Å². The minimum Gasteiger partial charge on any atom is -0.486 e. The number of ketones is 2. The van der Waals surface area contributed by atoms with Crippen LogP contribution in [0.4, 0.5) is 5.69 Å². The summed E-state index contributed by atoms with van der Waals surface area (Å²) in [5.74, 6) is -2.83. The summed E-state index contributed by atoms with van der Waals surface area (Å²) in [5.41, 5.74) is 15.3. The second-order valence-corrected chi connectivity index (χ2v) is 22.7. The molecule has 3 aliphatic carbocycles. The summed E-state index contributed by atoms with van der Waals surface area (Å²) in [6.07, 6.45) is -0.286. The predicted molar refractivity (Wildman–Crippen MR) is 294 cm³/mol. The third kappa shape index (κ3) is 11.1. The number of para-hydroxylation sites is 1. The lowest BCUT2D eigenvalue weighted by atomic mass is 9.74. The molecule has 5 heterocycles. The minimum atomic E-state index is -1.64. The number of amides is 1. The van der Waals surface area contributed by atoms with Gasteiger partial charge >= 0.3 is 0 Å². The summed E-state index contributed by atoms with van der Waals surface area (Å²) in [6.45, 7) is 0.0463. The van der Waals surface area contributed by atoms with Crippen molar-refractivity contribution in [1.82, 2.24) is 26.6 Å². The summed E-state index contributed by atoms with van der Waals surface area (Å²) in [5, 5.41) is 73.5. The van der Waals surface area contributed by atoms with Gasteiger partial charge in [-0.1, -0.05) is 56.0 Å². The Morgan fingerprint density at radius 2 is 1.77 bits per heavy atom. The lowest BCUT2D eigenvalue weighted by Crippen LogP contribution is -2.70. The molecule has 5 aliphatic heterocycles. The van der Waals surface area contributed by atoms with Crippen molar-refractivity contribution in [3.63, 3.8) is 0 Å². The van der Waals surface area contributed by atoms with E-state index in [0.717, 1.165) is 36.8 Å².